The van der Waals surface area contributed by atoms with Crippen molar-refractivity contribution in [2.75, 3.05) is 26.2 Å². The molecule has 2 rings (SSSR count). The number of nitrogens with one attached hydrogen (secondary N) is 1. The third-order valence-electron chi connectivity index (χ3n) is 3.93. The normalized spacial score (nSPS) is 21.0. The minimum atomic E-state index is -0.833. The smallest absolute Gasteiger partial charge is 0.317 e. The number of aliphatic carboxylic acids is 1. The summed E-state index contributed by atoms with van der Waals surface area (Å²) in [6.07, 6.45) is 0.624. The van der Waals surface area contributed by atoms with Gasteiger partial charge >= 0.3 is 12.0 Å². The van der Waals surface area contributed by atoms with E-state index in [4.69, 9.17) is 9.84 Å². The van der Waals surface area contributed by atoms with E-state index in [1.165, 1.54) is 0 Å². The molecule has 2 amide bonds. The van der Waals surface area contributed by atoms with Crippen LogP contribution in [0.25, 0.3) is 0 Å². The van der Waals surface area contributed by atoms with Gasteiger partial charge in [0.2, 0.25) is 0 Å². The first-order valence-corrected chi connectivity index (χ1v) is 7.93. The number of amides is 2. The van der Waals surface area contributed by atoms with Crippen LogP contribution in [0.3, 0.4) is 0 Å². The van der Waals surface area contributed by atoms with E-state index in [2.05, 4.69) is 5.32 Å². The Balaban J connectivity index is 1.67. The second kappa shape index (κ2) is 8.53. The van der Waals surface area contributed by atoms with Crippen molar-refractivity contribution in [2.24, 2.45) is 11.8 Å². The molecule has 1 fully saturated rings. The molecule has 1 aromatic rings. The molecule has 0 bridgehead atoms. The first kappa shape index (κ1) is 17.3. The molecule has 0 saturated carbocycles. The zero-order chi connectivity index (χ0) is 16.7. The number of carboxylic acids is 1. The second-order valence-corrected chi connectivity index (χ2v) is 6.05. The first-order valence-electron chi connectivity index (χ1n) is 7.93. The first-order chi connectivity index (χ1) is 11.1. The summed E-state index contributed by atoms with van der Waals surface area (Å²) in [5, 5.41) is 11.9. The molecule has 23 heavy (non-hydrogen) atoms. The number of hydrogen-bond acceptors (Lipinski definition) is 3. The van der Waals surface area contributed by atoms with Crippen molar-refractivity contribution in [2.45, 2.75) is 20.0 Å². The molecule has 0 aromatic heterocycles. The number of carbonyl (C=O) groups excluding carboxylic acids is 1. The average Bonchev–Trinajstić information content (AvgIpc) is 2.54. The summed E-state index contributed by atoms with van der Waals surface area (Å²) in [4.78, 5) is 24.8. The number of likely N-dealkylation sites (tertiary alicyclic amines) is 1. The summed E-state index contributed by atoms with van der Waals surface area (Å²) in [5.41, 5.74) is 1.09. The van der Waals surface area contributed by atoms with Crippen LogP contribution in [0.2, 0.25) is 0 Å². The van der Waals surface area contributed by atoms with Gasteiger partial charge in [-0.05, 0) is 17.9 Å². The number of hydrogen-bond donors (Lipinski definition) is 2. The van der Waals surface area contributed by atoms with Crippen molar-refractivity contribution < 1.29 is 19.4 Å². The SMILES string of the molecule is CC1CC(C(=O)O)CN(C(=O)NCCOCc2ccccc2)C1. The Labute approximate surface area is 136 Å². The molecule has 1 aliphatic rings. The number of nitrogens with zero attached hydrogens (tertiary/aromatic N) is 1. The fourth-order valence-corrected chi connectivity index (χ4v) is 2.80. The topological polar surface area (TPSA) is 78.9 Å². The van der Waals surface area contributed by atoms with Crippen molar-refractivity contribution in [3.63, 3.8) is 0 Å². The van der Waals surface area contributed by atoms with Crippen molar-refractivity contribution in [3.8, 4) is 0 Å². The van der Waals surface area contributed by atoms with Crippen LogP contribution in [0.15, 0.2) is 30.3 Å². The van der Waals surface area contributed by atoms with Gasteiger partial charge in [-0.1, -0.05) is 37.3 Å². The van der Waals surface area contributed by atoms with Crippen LogP contribution < -0.4 is 5.32 Å². The van der Waals surface area contributed by atoms with Gasteiger partial charge in [-0.3, -0.25) is 4.79 Å². The third-order valence-corrected chi connectivity index (χ3v) is 3.93. The summed E-state index contributed by atoms with van der Waals surface area (Å²) in [7, 11) is 0. The molecule has 1 heterocycles. The fraction of sp³-hybridized carbons (Fsp3) is 0.529. The lowest BCUT2D eigenvalue weighted by Crippen LogP contribution is -2.50. The molecule has 0 spiro atoms. The molecule has 1 saturated heterocycles. The Morgan fingerprint density at radius 2 is 2.04 bits per heavy atom. The van der Waals surface area contributed by atoms with Crippen molar-refractivity contribution in [1.29, 1.82) is 0 Å². The van der Waals surface area contributed by atoms with E-state index in [1.807, 2.05) is 37.3 Å². The van der Waals surface area contributed by atoms with Crippen molar-refractivity contribution in [3.05, 3.63) is 35.9 Å². The van der Waals surface area contributed by atoms with Gasteiger partial charge in [0, 0.05) is 19.6 Å². The Hall–Kier alpha value is -2.08. The Morgan fingerprint density at radius 1 is 1.30 bits per heavy atom. The highest BCUT2D eigenvalue weighted by Crippen LogP contribution is 2.21. The van der Waals surface area contributed by atoms with E-state index in [-0.39, 0.29) is 18.5 Å². The zero-order valence-electron chi connectivity index (χ0n) is 13.4. The lowest BCUT2D eigenvalue weighted by atomic mass is 9.91. The molecule has 6 nitrogen and oxygen atoms in total. The van der Waals surface area contributed by atoms with Crippen molar-refractivity contribution in [1.82, 2.24) is 10.2 Å². The molecule has 6 heteroatoms. The van der Waals surface area contributed by atoms with Crippen LogP contribution in [-0.2, 0) is 16.1 Å². The molecule has 2 N–H and O–H groups in total. The van der Waals surface area contributed by atoms with Crippen LogP contribution in [-0.4, -0.2) is 48.2 Å². The number of carbonyl (C=O) groups is 2. The molecule has 0 aliphatic carbocycles. The van der Waals surface area contributed by atoms with Gasteiger partial charge in [-0.2, -0.15) is 0 Å². The van der Waals surface area contributed by atoms with Crippen molar-refractivity contribution >= 4 is 12.0 Å². The number of piperidine rings is 1. The Bertz CT molecular complexity index is 521. The maximum atomic E-state index is 12.1. The van der Waals surface area contributed by atoms with Crippen LogP contribution in [0.1, 0.15) is 18.9 Å². The molecule has 0 radical (unpaired) electrons. The molecule has 126 valence electrons. The summed E-state index contributed by atoms with van der Waals surface area (Å²) in [6, 6.07) is 9.62. The van der Waals surface area contributed by atoms with E-state index in [0.29, 0.717) is 32.7 Å². The molecular weight excluding hydrogens is 296 g/mol. The second-order valence-electron chi connectivity index (χ2n) is 6.05. The molecule has 2 unspecified atom stereocenters. The maximum Gasteiger partial charge on any atom is 0.317 e. The van der Waals surface area contributed by atoms with Gasteiger partial charge in [0.15, 0.2) is 0 Å². The van der Waals surface area contributed by atoms with E-state index in [9.17, 15) is 9.59 Å². The highest BCUT2D eigenvalue weighted by atomic mass is 16.5. The van der Waals surface area contributed by atoms with E-state index in [1.54, 1.807) is 4.90 Å². The number of ether oxygens (including phenoxy) is 1. The van der Waals surface area contributed by atoms with Crippen LogP contribution in [0, 0.1) is 11.8 Å². The highest BCUT2D eigenvalue weighted by molar-refractivity contribution is 5.76. The summed E-state index contributed by atoms with van der Waals surface area (Å²) < 4.78 is 5.51. The van der Waals surface area contributed by atoms with Crippen LogP contribution in [0.4, 0.5) is 4.79 Å². The molecule has 1 aliphatic heterocycles. The van der Waals surface area contributed by atoms with E-state index in [0.717, 1.165) is 5.56 Å². The zero-order valence-corrected chi connectivity index (χ0v) is 13.4. The van der Waals surface area contributed by atoms with Crippen LogP contribution >= 0.6 is 0 Å². The quantitative estimate of drug-likeness (QED) is 0.785. The van der Waals surface area contributed by atoms with Crippen LogP contribution in [0.5, 0.6) is 0 Å². The third kappa shape index (κ3) is 5.56. The minimum Gasteiger partial charge on any atom is -0.481 e. The van der Waals surface area contributed by atoms with E-state index < -0.39 is 11.9 Å². The van der Waals surface area contributed by atoms with Gasteiger partial charge in [-0.25, -0.2) is 4.79 Å². The number of rotatable bonds is 6. The predicted molar refractivity (Wildman–Crippen MR) is 86.0 cm³/mol. The summed E-state index contributed by atoms with van der Waals surface area (Å²) >= 11 is 0. The number of carboxylic acid groups (broad SMARTS) is 1. The van der Waals surface area contributed by atoms with Gasteiger partial charge < -0.3 is 20.1 Å². The number of benzene rings is 1. The fourth-order valence-electron chi connectivity index (χ4n) is 2.80. The molecular formula is C17H24N2O4. The van der Waals surface area contributed by atoms with Gasteiger partial charge in [-0.15, -0.1) is 0 Å². The predicted octanol–water partition coefficient (Wildman–Crippen LogP) is 1.96. The summed E-state index contributed by atoms with van der Waals surface area (Å²) in [5.74, 6) is -1.11. The lowest BCUT2D eigenvalue weighted by molar-refractivity contribution is -0.143. The Morgan fingerprint density at radius 3 is 2.74 bits per heavy atom. The number of urea groups is 1. The molecule has 1 aromatic carbocycles. The van der Waals surface area contributed by atoms with Gasteiger partial charge in [0.1, 0.15) is 0 Å². The highest BCUT2D eigenvalue weighted by Gasteiger charge is 2.31. The van der Waals surface area contributed by atoms with Gasteiger partial charge in [0.05, 0.1) is 19.1 Å². The van der Waals surface area contributed by atoms with E-state index >= 15 is 0 Å². The minimum absolute atomic E-state index is 0.199. The largest absolute Gasteiger partial charge is 0.481 e. The lowest BCUT2D eigenvalue weighted by Gasteiger charge is -2.34. The standard InChI is InChI=1S/C17H24N2O4/c1-13-9-15(16(20)21)11-19(10-13)17(22)18-7-8-23-12-14-5-3-2-4-6-14/h2-6,13,15H,7-12H2,1H3,(H,18,22)(H,20,21). The van der Waals surface area contributed by atoms with Gasteiger partial charge in [0.25, 0.3) is 0 Å². The average molecular weight is 320 g/mol. The summed E-state index contributed by atoms with van der Waals surface area (Å²) in [6.45, 7) is 4.19. The molecule has 2 atom stereocenters. The monoisotopic (exact) mass is 320 g/mol. The Kier molecular flexibility index (Phi) is 6.40. The maximum absolute atomic E-state index is 12.1.